The van der Waals surface area contributed by atoms with E-state index < -0.39 is 5.82 Å². The van der Waals surface area contributed by atoms with Crippen molar-refractivity contribution >= 4 is 5.78 Å². The molecule has 2 atom stereocenters. The van der Waals surface area contributed by atoms with Crippen LogP contribution < -0.4 is 0 Å². The zero-order valence-electron chi connectivity index (χ0n) is 11.2. The number of rotatable bonds is 3. The summed E-state index contributed by atoms with van der Waals surface area (Å²) in [6, 6.07) is 2.70. The highest BCUT2D eigenvalue weighted by Crippen LogP contribution is 2.45. The number of phenolic OH excluding ortho intramolecular Hbond substituents is 1. The molecule has 19 heavy (non-hydrogen) atoms. The average Bonchev–Trinajstić information content (AvgIpc) is 3.11. The molecule has 2 aliphatic rings. The maximum Gasteiger partial charge on any atom is 0.169 e. The van der Waals surface area contributed by atoms with Crippen molar-refractivity contribution in [3.05, 3.63) is 29.1 Å². The van der Waals surface area contributed by atoms with E-state index in [9.17, 15) is 14.3 Å². The number of Topliss-reactive ketones (excluding diaryl/α,β-unsaturated/α-hetero) is 1. The lowest BCUT2D eigenvalue weighted by atomic mass is 9.88. The fraction of sp³-hybridized carbons (Fsp3) is 0.562. The summed E-state index contributed by atoms with van der Waals surface area (Å²) in [6.45, 7) is 2.07. The molecule has 0 aromatic heterocycles. The number of aromatic hydroxyl groups is 1. The predicted octanol–water partition coefficient (Wildman–Crippen LogP) is 4.03. The van der Waals surface area contributed by atoms with Gasteiger partial charge in [-0.15, -0.1) is 0 Å². The first-order valence-electron chi connectivity index (χ1n) is 7.14. The lowest BCUT2D eigenvalue weighted by Crippen LogP contribution is -2.18. The molecular weight excluding hydrogens is 243 g/mol. The van der Waals surface area contributed by atoms with Crippen LogP contribution in [0.4, 0.5) is 4.39 Å². The number of hydrogen-bond acceptors (Lipinski definition) is 2. The monoisotopic (exact) mass is 262 g/mol. The molecular formula is C16H19FO2. The molecule has 1 N–H and O–H groups in total. The Morgan fingerprint density at radius 3 is 2.58 bits per heavy atom. The molecule has 3 heteroatoms. The minimum absolute atomic E-state index is 0.00368. The van der Waals surface area contributed by atoms with E-state index in [1.165, 1.54) is 0 Å². The number of phenols is 1. The lowest BCUT2D eigenvalue weighted by molar-refractivity contribution is 0.0892. The van der Waals surface area contributed by atoms with E-state index in [2.05, 4.69) is 6.92 Å². The van der Waals surface area contributed by atoms with Crippen LogP contribution >= 0.6 is 0 Å². The molecule has 0 aliphatic heterocycles. The van der Waals surface area contributed by atoms with Crippen LogP contribution in [0, 0.1) is 17.7 Å². The third kappa shape index (κ3) is 2.26. The van der Waals surface area contributed by atoms with Gasteiger partial charge in [0.1, 0.15) is 11.6 Å². The maximum atomic E-state index is 14.0. The van der Waals surface area contributed by atoms with E-state index in [0.29, 0.717) is 11.8 Å². The van der Waals surface area contributed by atoms with Gasteiger partial charge in [0.2, 0.25) is 0 Å². The van der Waals surface area contributed by atoms with E-state index in [0.717, 1.165) is 43.7 Å². The summed E-state index contributed by atoms with van der Waals surface area (Å²) >= 11 is 0. The van der Waals surface area contributed by atoms with Crippen LogP contribution in [0.25, 0.3) is 0 Å². The minimum Gasteiger partial charge on any atom is -0.508 e. The van der Waals surface area contributed by atoms with E-state index in [1.54, 1.807) is 6.07 Å². The summed E-state index contributed by atoms with van der Waals surface area (Å²) in [5.41, 5.74) is 0.925. The zero-order chi connectivity index (χ0) is 13.6. The van der Waals surface area contributed by atoms with E-state index >= 15 is 0 Å². The van der Waals surface area contributed by atoms with Crippen molar-refractivity contribution in [3.8, 4) is 5.75 Å². The number of carbonyl (C=O) groups excluding carboxylic acids is 1. The molecule has 0 spiro atoms. The van der Waals surface area contributed by atoms with Crippen molar-refractivity contribution in [2.75, 3.05) is 0 Å². The second-order valence-electron chi connectivity index (χ2n) is 6.04. The SMILES string of the molecule is C[C@@H]1CCC[C@H]1C(=O)c1cc(C2CC2)c(O)cc1F. The molecule has 0 saturated heterocycles. The van der Waals surface area contributed by atoms with Crippen molar-refractivity contribution in [1.29, 1.82) is 0 Å². The van der Waals surface area contributed by atoms with Crippen LogP contribution in [0.3, 0.4) is 0 Å². The number of halogens is 1. The summed E-state index contributed by atoms with van der Waals surface area (Å²) in [4.78, 5) is 12.5. The van der Waals surface area contributed by atoms with Gasteiger partial charge in [0.25, 0.3) is 0 Å². The van der Waals surface area contributed by atoms with E-state index in [4.69, 9.17) is 0 Å². The second kappa shape index (κ2) is 4.62. The van der Waals surface area contributed by atoms with Crippen molar-refractivity contribution in [2.24, 2.45) is 11.8 Å². The molecule has 2 nitrogen and oxygen atoms in total. The van der Waals surface area contributed by atoms with Crippen LogP contribution in [-0.2, 0) is 0 Å². The van der Waals surface area contributed by atoms with Gasteiger partial charge < -0.3 is 5.11 Å². The van der Waals surface area contributed by atoms with Gasteiger partial charge in [0.05, 0.1) is 5.56 Å². The second-order valence-corrected chi connectivity index (χ2v) is 6.04. The van der Waals surface area contributed by atoms with Gasteiger partial charge in [0.15, 0.2) is 5.78 Å². The standard InChI is InChI=1S/C16H19FO2/c1-9-3-2-4-11(9)16(19)13-7-12(10-5-6-10)15(18)8-14(13)17/h7-11,18H,2-6H2,1H3/t9-,11-/m1/s1. The fourth-order valence-electron chi connectivity index (χ4n) is 3.22. The molecule has 2 saturated carbocycles. The number of hydrogen-bond donors (Lipinski definition) is 1. The Labute approximate surface area is 112 Å². The first-order chi connectivity index (χ1) is 9.08. The van der Waals surface area contributed by atoms with Crippen LogP contribution in [0.1, 0.15) is 60.9 Å². The van der Waals surface area contributed by atoms with Gasteiger partial charge >= 0.3 is 0 Å². The Morgan fingerprint density at radius 1 is 1.26 bits per heavy atom. The Kier molecular flexibility index (Phi) is 3.08. The smallest absolute Gasteiger partial charge is 0.169 e. The highest BCUT2D eigenvalue weighted by Gasteiger charge is 2.34. The van der Waals surface area contributed by atoms with Crippen LogP contribution in [0.2, 0.25) is 0 Å². The molecule has 3 rings (SSSR count). The molecule has 0 bridgehead atoms. The maximum absolute atomic E-state index is 14.0. The third-order valence-corrected chi connectivity index (χ3v) is 4.60. The molecule has 2 aliphatic carbocycles. The first-order valence-corrected chi connectivity index (χ1v) is 7.14. The number of benzene rings is 1. The minimum atomic E-state index is -0.578. The van der Waals surface area contributed by atoms with Crippen molar-refractivity contribution in [1.82, 2.24) is 0 Å². The quantitative estimate of drug-likeness (QED) is 0.835. The van der Waals surface area contributed by atoms with Gasteiger partial charge in [-0.1, -0.05) is 13.3 Å². The Bertz CT molecular complexity index is 520. The normalized spacial score (nSPS) is 26.6. The van der Waals surface area contributed by atoms with Crippen LogP contribution in [-0.4, -0.2) is 10.9 Å². The molecule has 0 unspecified atom stereocenters. The van der Waals surface area contributed by atoms with Crippen molar-refractivity contribution < 1.29 is 14.3 Å². The third-order valence-electron chi connectivity index (χ3n) is 4.60. The number of carbonyl (C=O) groups is 1. The fourth-order valence-corrected chi connectivity index (χ4v) is 3.22. The molecule has 1 aromatic rings. The molecule has 0 radical (unpaired) electrons. The van der Waals surface area contributed by atoms with Gasteiger partial charge in [-0.05, 0) is 49.1 Å². The summed E-state index contributed by atoms with van der Waals surface area (Å²) in [6.07, 6.45) is 5.00. The van der Waals surface area contributed by atoms with E-state index in [1.807, 2.05) is 0 Å². The van der Waals surface area contributed by atoms with E-state index in [-0.39, 0.29) is 23.0 Å². The highest BCUT2D eigenvalue weighted by atomic mass is 19.1. The largest absolute Gasteiger partial charge is 0.508 e. The first kappa shape index (κ1) is 12.6. The Morgan fingerprint density at radius 2 is 2.00 bits per heavy atom. The molecule has 0 heterocycles. The Balaban J connectivity index is 1.95. The van der Waals surface area contributed by atoms with Crippen LogP contribution in [0.5, 0.6) is 5.75 Å². The van der Waals surface area contributed by atoms with Gasteiger partial charge in [-0.25, -0.2) is 4.39 Å². The van der Waals surface area contributed by atoms with Crippen molar-refractivity contribution in [3.63, 3.8) is 0 Å². The molecule has 1 aromatic carbocycles. The summed E-state index contributed by atoms with van der Waals surface area (Å²) in [7, 11) is 0. The highest BCUT2D eigenvalue weighted by molar-refractivity contribution is 5.98. The lowest BCUT2D eigenvalue weighted by Gasteiger charge is -2.15. The summed E-state index contributed by atoms with van der Waals surface area (Å²) in [5, 5.41) is 9.77. The molecule has 102 valence electrons. The zero-order valence-corrected chi connectivity index (χ0v) is 11.2. The summed E-state index contributed by atoms with van der Waals surface area (Å²) < 4.78 is 14.0. The molecule has 0 amide bonds. The molecule has 2 fully saturated rings. The van der Waals surface area contributed by atoms with Crippen LogP contribution in [0.15, 0.2) is 12.1 Å². The topological polar surface area (TPSA) is 37.3 Å². The van der Waals surface area contributed by atoms with Gasteiger partial charge in [-0.3, -0.25) is 4.79 Å². The number of ketones is 1. The predicted molar refractivity (Wildman–Crippen MR) is 70.9 cm³/mol. The van der Waals surface area contributed by atoms with Gasteiger partial charge in [0, 0.05) is 12.0 Å². The van der Waals surface area contributed by atoms with Crippen molar-refractivity contribution in [2.45, 2.75) is 44.9 Å². The van der Waals surface area contributed by atoms with Gasteiger partial charge in [-0.2, -0.15) is 0 Å². The summed E-state index contributed by atoms with van der Waals surface area (Å²) in [5.74, 6) is -0.0595. The Hall–Kier alpha value is -1.38. The average molecular weight is 262 g/mol.